The van der Waals surface area contributed by atoms with Crippen molar-refractivity contribution >= 4 is 16.6 Å². The van der Waals surface area contributed by atoms with Gasteiger partial charge in [0, 0.05) is 23.2 Å². The number of benzene rings is 2. The van der Waals surface area contributed by atoms with Crippen LogP contribution >= 0.6 is 0 Å². The summed E-state index contributed by atoms with van der Waals surface area (Å²) in [6, 6.07) is 15.2. The van der Waals surface area contributed by atoms with Gasteiger partial charge in [-0.15, -0.1) is 0 Å². The lowest BCUT2D eigenvalue weighted by atomic mass is 10.1. The van der Waals surface area contributed by atoms with Gasteiger partial charge in [-0.2, -0.15) is 0 Å². The van der Waals surface area contributed by atoms with Gasteiger partial charge in [0.2, 0.25) is 0 Å². The van der Waals surface area contributed by atoms with Crippen molar-refractivity contribution < 1.29 is 4.39 Å². The molecule has 21 heavy (non-hydrogen) atoms. The van der Waals surface area contributed by atoms with Gasteiger partial charge in [0.05, 0.1) is 11.2 Å². The molecule has 2 aromatic carbocycles. The zero-order valence-electron chi connectivity index (χ0n) is 12.2. The van der Waals surface area contributed by atoms with Crippen molar-refractivity contribution in [3.63, 3.8) is 0 Å². The number of aryl methyl sites for hydroxylation is 2. The molecule has 0 unspecified atom stereocenters. The number of nitrogens with zero attached hydrogens (tertiary/aromatic N) is 1. The molecule has 0 saturated heterocycles. The molecule has 0 bridgehead atoms. The van der Waals surface area contributed by atoms with Crippen molar-refractivity contribution in [3.05, 3.63) is 71.2 Å². The zero-order chi connectivity index (χ0) is 14.8. The number of rotatable bonds is 3. The van der Waals surface area contributed by atoms with Crippen LogP contribution in [0.25, 0.3) is 10.9 Å². The van der Waals surface area contributed by atoms with E-state index in [1.54, 1.807) is 6.07 Å². The quantitative estimate of drug-likeness (QED) is 0.758. The van der Waals surface area contributed by atoms with Crippen LogP contribution in [0.1, 0.15) is 16.8 Å². The van der Waals surface area contributed by atoms with E-state index >= 15 is 0 Å². The molecule has 3 heteroatoms. The Labute approximate surface area is 123 Å². The van der Waals surface area contributed by atoms with E-state index in [-0.39, 0.29) is 5.82 Å². The van der Waals surface area contributed by atoms with E-state index in [1.165, 1.54) is 6.07 Å². The predicted octanol–water partition coefficient (Wildman–Crippen LogP) is 4.60. The Morgan fingerprint density at radius 3 is 2.76 bits per heavy atom. The second-order valence-corrected chi connectivity index (χ2v) is 5.28. The van der Waals surface area contributed by atoms with Crippen LogP contribution in [0, 0.1) is 19.7 Å². The molecule has 0 atom stereocenters. The first-order chi connectivity index (χ1) is 10.1. The van der Waals surface area contributed by atoms with Crippen LogP contribution in [0.15, 0.2) is 48.5 Å². The van der Waals surface area contributed by atoms with Crippen LogP contribution in [-0.4, -0.2) is 4.98 Å². The summed E-state index contributed by atoms with van der Waals surface area (Å²) in [5.74, 6) is -0.183. The molecule has 0 saturated carbocycles. The molecule has 2 nitrogen and oxygen atoms in total. The maximum Gasteiger partial charge on any atom is 0.128 e. The molecule has 1 aromatic heterocycles. The first-order valence-corrected chi connectivity index (χ1v) is 6.99. The van der Waals surface area contributed by atoms with Crippen molar-refractivity contribution in [2.24, 2.45) is 0 Å². The molecule has 0 aliphatic heterocycles. The maximum atomic E-state index is 13.8. The third kappa shape index (κ3) is 2.87. The normalized spacial score (nSPS) is 10.8. The summed E-state index contributed by atoms with van der Waals surface area (Å²) in [7, 11) is 0. The minimum atomic E-state index is -0.183. The lowest BCUT2D eigenvalue weighted by Crippen LogP contribution is -2.03. The number of hydrogen-bond donors (Lipinski definition) is 1. The van der Waals surface area contributed by atoms with E-state index in [0.717, 1.165) is 27.8 Å². The highest BCUT2D eigenvalue weighted by atomic mass is 19.1. The van der Waals surface area contributed by atoms with Gasteiger partial charge < -0.3 is 5.32 Å². The molecule has 0 fully saturated rings. The lowest BCUT2D eigenvalue weighted by Gasteiger charge is -2.11. The summed E-state index contributed by atoms with van der Waals surface area (Å²) in [6.07, 6.45) is 0. The first kappa shape index (κ1) is 13.6. The number of nitrogens with one attached hydrogen (secondary N) is 1. The molecular formula is C18H17FN2. The van der Waals surface area contributed by atoms with Crippen molar-refractivity contribution in [3.8, 4) is 0 Å². The van der Waals surface area contributed by atoms with Crippen LogP contribution in [0.5, 0.6) is 0 Å². The molecule has 106 valence electrons. The van der Waals surface area contributed by atoms with Crippen LogP contribution in [-0.2, 0) is 6.54 Å². The Hall–Kier alpha value is -2.42. The second kappa shape index (κ2) is 5.52. The highest BCUT2D eigenvalue weighted by Crippen LogP contribution is 2.22. The molecule has 0 aliphatic rings. The minimum absolute atomic E-state index is 0.183. The standard InChI is InChI=1S/C18H17FN2/c1-12-6-9-16(19)15(10-12)11-20-17-5-3-4-14-8-7-13(2)21-18(14)17/h3-10,20H,11H2,1-2H3. The summed E-state index contributed by atoms with van der Waals surface area (Å²) < 4.78 is 13.8. The Balaban J connectivity index is 1.91. The van der Waals surface area contributed by atoms with Crippen LogP contribution in [0.2, 0.25) is 0 Å². The van der Waals surface area contributed by atoms with Gasteiger partial charge in [0.1, 0.15) is 5.82 Å². The van der Waals surface area contributed by atoms with Gasteiger partial charge >= 0.3 is 0 Å². The van der Waals surface area contributed by atoms with Crippen LogP contribution in [0.3, 0.4) is 0 Å². The van der Waals surface area contributed by atoms with E-state index in [0.29, 0.717) is 12.1 Å². The minimum Gasteiger partial charge on any atom is -0.379 e. The second-order valence-electron chi connectivity index (χ2n) is 5.28. The van der Waals surface area contributed by atoms with Crippen molar-refractivity contribution in [2.45, 2.75) is 20.4 Å². The van der Waals surface area contributed by atoms with E-state index in [4.69, 9.17) is 0 Å². The maximum absolute atomic E-state index is 13.8. The van der Waals surface area contributed by atoms with Crippen molar-refractivity contribution in [2.75, 3.05) is 5.32 Å². The molecule has 0 spiro atoms. The van der Waals surface area contributed by atoms with Crippen molar-refractivity contribution in [1.82, 2.24) is 4.98 Å². The largest absolute Gasteiger partial charge is 0.379 e. The van der Waals surface area contributed by atoms with E-state index in [2.05, 4.69) is 16.4 Å². The Morgan fingerprint density at radius 2 is 1.90 bits per heavy atom. The summed E-state index contributed by atoms with van der Waals surface area (Å²) in [5.41, 5.74) is 4.54. The SMILES string of the molecule is Cc1ccc(F)c(CNc2cccc3ccc(C)nc23)c1. The van der Waals surface area contributed by atoms with Gasteiger partial charge in [-0.3, -0.25) is 4.98 Å². The molecule has 0 aliphatic carbocycles. The summed E-state index contributed by atoms with van der Waals surface area (Å²) in [4.78, 5) is 4.57. The van der Waals surface area contributed by atoms with Crippen LogP contribution < -0.4 is 5.32 Å². The zero-order valence-corrected chi connectivity index (χ0v) is 12.2. The van der Waals surface area contributed by atoms with Crippen LogP contribution in [0.4, 0.5) is 10.1 Å². The summed E-state index contributed by atoms with van der Waals surface area (Å²) in [5, 5.41) is 4.38. The van der Waals surface area contributed by atoms with Gasteiger partial charge in [-0.05, 0) is 32.0 Å². The van der Waals surface area contributed by atoms with E-state index in [1.807, 2.05) is 44.2 Å². The fourth-order valence-corrected chi connectivity index (χ4v) is 2.42. The molecule has 0 radical (unpaired) electrons. The number of hydrogen-bond acceptors (Lipinski definition) is 2. The molecule has 1 N–H and O–H groups in total. The molecule has 1 heterocycles. The number of halogens is 1. The smallest absolute Gasteiger partial charge is 0.128 e. The number of anilines is 1. The molecule has 3 rings (SSSR count). The Morgan fingerprint density at radius 1 is 1.05 bits per heavy atom. The fraction of sp³-hybridized carbons (Fsp3) is 0.167. The van der Waals surface area contributed by atoms with E-state index < -0.39 is 0 Å². The average molecular weight is 280 g/mol. The van der Waals surface area contributed by atoms with Gasteiger partial charge in [-0.25, -0.2) is 4.39 Å². The Kier molecular flexibility index (Phi) is 3.57. The molecular weight excluding hydrogens is 263 g/mol. The van der Waals surface area contributed by atoms with Gasteiger partial charge in [0.15, 0.2) is 0 Å². The number of fused-ring (bicyclic) bond motifs is 1. The first-order valence-electron chi connectivity index (χ1n) is 6.99. The number of aromatic nitrogens is 1. The highest BCUT2D eigenvalue weighted by molar-refractivity contribution is 5.90. The summed E-state index contributed by atoms with van der Waals surface area (Å²) >= 11 is 0. The van der Waals surface area contributed by atoms with Gasteiger partial charge in [-0.1, -0.05) is 35.9 Å². The molecule has 0 amide bonds. The van der Waals surface area contributed by atoms with Gasteiger partial charge in [0.25, 0.3) is 0 Å². The molecule has 3 aromatic rings. The van der Waals surface area contributed by atoms with E-state index in [9.17, 15) is 4.39 Å². The number of pyridine rings is 1. The lowest BCUT2D eigenvalue weighted by molar-refractivity contribution is 0.612. The predicted molar refractivity (Wildman–Crippen MR) is 84.9 cm³/mol. The summed E-state index contributed by atoms with van der Waals surface area (Å²) in [6.45, 7) is 4.38. The highest BCUT2D eigenvalue weighted by Gasteiger charge is 2.05. The number of para-hydroxylation sites is 1. The average Bonchev–Trinajstić information content (AvgIpc) is 2.48. The fourth-order valence-electron chi connectivity index (χ4n) is 2.42. The Bertz CT molecular complexity index is 796. The topological polar surface area (TPSA) is 24.9 Å². The van der Waals surface area contributed by atoms with Crippen molar-refractivity contribution in [1.29, 1.82) is 0 Å². The third-order valence-corrected chi connectivity index (χ3v) is 3.53. The monoisotopic (exact) mass is 280 g/mol. The third-order valence-electron chi connectivity index (χ3n) is 3.53.